The Balaban J connectivity index is 1.83. The Morgan fingerprint density at radius 2 is 1.67 bits per heavy atom. The minimum absolute atomic E-state index is 0.850. The number of hydrogen-bond donors (Lipinski definition) is 0. The smallest absolute Gasteiger partial charge is 0.0127 e. The summed E-state index contributed by atoms with van der Waals surface area (Å²) in [5.41, 5.74) is 0. The van der Waals surface area contributed by atoms with E-state index in [9.17, 15) is 0 Å². The molecule has 1 nitrogen and oxygen atoms in total. The molecule has 1 aliphatic carbocycles. The second-order valence-corrected chi connectivity index (χ2v) is 4.18. The molecule has 2 fully saturated rings. The topological polar surface area (TPSA) is 3.24 Å². The molecule has 12 heavy (non-hydrogen) atoms. The molecule has 1 aliphatic heterocycles. The first kappa shape index (κ1) is 8.55. The van der Waals surface area contributed by atoms with Gasteiger partial charge in [-0.25, -0.2) is 0 Å². The van der Waals surface area contributed by atoms with E-state index in [4.69, 9.17) is 0 Å². The van der Waals surface area contributed by atoms with Crippen LogP contribution in [-0.4, -0.2) is 24.0 Å². The van der Waals surface area contributed by atoms with Gasteiger partial charge in [0.1, 0.15) is 0 Å². The van der Waals surface area contributed by atoms with Gasteiger partial charge in [0.05, 0.1) is 0 Å². The van der Waals surface area contributed by atoms with E-state index in [-0.39, 0.29) is 0 Å². The molecular weight excluding hydrogens is 146 g/mol. The van der Waals surface area contributed by atoms with E-state index in [0.29, 0.717) is 0 Å². The molecule has 1 unspecified atom stereocenters. The largest absolute Gasteiger partial charge is 0.300 e. The molecule has 0 amide bonds. The highest BCUT2D eigenvalue weighted by Gasteiger charge is 2.22. The predicted molar refractivity (Wildman–Crippen MR) is 52.0 cm³/mol. The van der Waals surface area contributed by atoms with Gasteiger partial charge in [-0.3, -0.25) is 0 Å². The van der Waals surface area contributed by atoms with Crippen LogP contribution in [0.4, 0.5) is 0 Å². The molecule has 1 heteroatoms. The molecule has 1 atom stereocenters. The normalized spacial score (nSPS) is 29.0. The van der Waals surface area contributed by atoms with E-state index in [2.05, 4.69) is 11.3 Å². The van der Waals surface area contributed by atoms with Crippen molar-refractivity contribution in [1.29, 1.82) is 0 Å². The fourth-order valence-corrected chi connectivity index (χ4v) is 2.51. The fourth-order valence-electron chi connectivity index (χ4n) is 2.51. The minimum atomic E-state index is 0.850. The monoisotopic (exact) mass is 166 g/mol. The summed E-state index contributed by atoms with van der Waals surface area (Å²) >= 11 is 0. The number of likely N-dealkylation sites (tertiary alicyclic amines) is 1. The van der Waals surface area contributed by atoms with Gasteiger partial charge in [-0.2, -0.15) is 0 Å². The molecule has 1 heterocycles. The van der Waals surface area contributed by atoms with Crippen molar-refractivity contribution >= 4 is 0 Å². The second-order valence-electron chi connectivity index (χ2n) is 4.18. The molecule has 2 rings (SSSR count). The molecule has 0 aromatic rings. The summed E-state index contributed by atoms with van der Waals surface area (Å²) < 4.78 is 0. The Bertz CT molecular complexity index is 119. The Morgan fingerprint density at radius 3 is 2.25 bits per heavy atom. The van der Waals surface area contributed by atoms with Crippen LogP contribution in [0.15, 0.2) is 0 Å². The highest BCUT2D eigenvalue weighted by atomic mass is 15.2. The summed E-state index contributed by atoms with van der Waals surface area (Å²) in [5, 5.41) is 0. The zero-order chi connectivity index (χ0) is 8.23. The van der Waals surface area contributed by atoms with Crippen LogP contribution >= 0.6 is 0 Å². The van der Waals surface area contributed by atoms with Gasteiger partial charge in [0.15, 0.2) is 0 Å². The van der Waals surface area contributed by atoms with Crippen LogP contribution in [-0.2, 0) is 0 Å². The summed E-state index contributed by atoms with van der Waals surface area (Å²) in [6, 6.07) is 0.850. The Hall–Kier alpha value is -0.0400. The summed E-state index contributed by atoms with van der Waals surface area (Å²) in [5.74, 6) is 0. The average molecular weight is 166 g/mol. The van der Waals surface area contributed by atoms with Gasteiger partial charge in [0, 0.05) is 6.04 Å². The average Bonchev–Trinajstić information content (AvgIpc) is 2.48. The van der Waals surface area contributed by atoms with Gasteiger partial charge < -0.3 is 4.90 Å². The van der Waals surface area contributed by atoms with E-state index in [0.717, 1.165) is 6.04 Å². The number of nitrogens with zero attached hydrogens (tertiary/aromatic N) is 1. The molecule has 1 saturated carbocycles. The van der Waals surface area contributed by atoms with Crippen LogP contribution in [0.5, 0.6) is 0 Å². The van der Waals surface area contributed by atoms with Crippen LogP contribution < -0.4 is 0 Å². The number of hydrogen-bond acceptors (Lipinski definition) is 1. The van der Waals surface area contributed by atoms with E-state index in [1.807, 2.05) is 0 Å². The maximum atomic E-state index is 2.71. The van der Waals surface area contributed by atoms with E-state index >= 15 is 0 Å². The molecule has 0 N–H and O–H groups in total. The maximum absolute atomic E-state index is 2.71. The SMILES string of the molecule is [CH]1CCCC1N1CCCCCC1. The molecule has 0 spiro atoms. The Morgan fingerprint density at radius 1 is 0.917 bits per heavy atom. The molecular formula is C11H20N. The first-order valence-electron chi connectivity index (χ1n) is 5.54. The van der Waals surface area contributed by atoms with Gasteiger partial charge in [-0.05, 0) is 45.2 Å². The molecule has 0 aromatic carbocycles. The first-order chi connectivity index (χ1) is 5.97. The minimum Gasteiger partial charge on any atom is -0.300 e. The van der Waals surface area contributed by atoms with Crippen molar-refractivity contribution in [2.45, 2.75) is 51.0 Å². The third-order valence-electron chi connectivity index (χ3n) is 3.25. The van der Waals surface area contributed by atoms with Crippen molar-refractivity contribution in [2.24, 2.45) is 0 Å². The fraction of sp³-hybridized carbons (Fsp3) is 0.909. The lowest BCUT2D eigenvalue weighted by atomic mass is 10.2. The molecule has 1 radical (unpaired) electrons. The van der Waals surface area contributed by atoms with Gasteiger partial charge in [0.2, 0.25) is 0 Å². The third-order valence-corrected chi connectivity index (χ3v) is 3.25. The van der Waals surface area contributed by atoms with Crippen molar-refractivity contribution in [3.63, 3.8) is 0 Å². The summed E-state index contributed by atoms with van der Waals surface area (Å²) in [4.78, 5) is 2.71. The second kappa shape index (κ2) is 4.27. The predicted octanol–water partition coefficient (Wildman–Crippen LogP) is 2.62. The van der Waals surface area contributed by atoms with Crippen LogP contribution in [0.3, 0.4) is 0 Å². The van der Waals surface area contributed by atoms with Crippen molar-refractivity contribution in [2.75, 3.05) is 13.1 Å². The summed E-state index contributed by atoms with van der Waals surface area (Å²) in [6.45, 7) is 2.72. The quantitative estimate of drug-likeness (QED) is 0.579. The lowest BCUT2D eigenvalue weighted by Crippen LogP contribution is -2.34. The lowest BCUT2D eigenvalue weighted by Gasteiger charge is -2.26. The van der Waals surface area contributed by atoms with E-state index in [1.165, 1.54) is 58.0 Å². The van der Waals surface area contributed by atoms with Gasteiger partial charge in [-0.1, -0.05) is 19.3 Å². The van der Waals surface area contributed by atoms with E-state index in [1.54, 1.807) is 0 Å². The van der Waals surface area contributed by atoms with Gasteiger partial charge >= 0.3 is 0 Å². The van der Waals surface area contributed by atoms with Crippen LogP contribution in [0.2, 0.25) is 0 Å². The van der Waals surface area contributed by atoms with Crippen LogP contribution in [0.25, 0.3) is 0 Å². The molecule has 69 valence electrons. The van der Waals surface area contributed by atoms with Gasteiger partial charge in [-0.15, -0.1) is 0 Å². The van der Waals surface area contributed by atoms with Crippen molar-refractivity contribution < 1.29 is 0 Å². The zero-order valence-corrected chi connectivity index (χ0v) is 7.97. The summed E-state index contributed by atoms with van der Waals surface area (Å²) in [7, 11) is 0. The molecule has 2 aliphatic rings. The van der Waals surface area contributed by atoms with Crippen molar-refractivity contribution in [3.05, 3.63) is 6.42 Å². The van der Waals surface area contributed by atoms with Crippen molar-refractivity contribution in [1.82, 2.24) is 4.90 Å². The lowest BCUT2D eigenvalue weighted by molar-refractivity contribution is 0.230. The zero-order valence-electron chi connectivity index (χ0n) is 7.97. The van der Waals surface area contributed by atoms with E-state index < -0.39 is 0 Å². The summed E-state index contributed by atoms with van der Waals surface area (Å²) in [6.07, 6.45) is 12.6. The third kappa shape index (κ3) is 2.01. The first-order valence-corrected chi connectivity index (χ1v) is 5.54. The molecule has 1 saturated heterocycles. The van der Waals surface area contributed by atoms with Crippen molar-refractivity contribution in [3.8, 4) is 0 Å². The molecule has 0 bridgehead atoms. The highest BCUT2D eigenvalue weighted by molar-refractivity contribution is 4.91. The Kier molecular flexibility index (Phi) is 3.04. The standard InChI is InChI=1S/C11H20N/c1-2-6-10-12(9-5-1)11-7-3-4-8-11/h7,11H,1-6,8-10H2. The van der Waals surface area contributed by atoms with Crippen LogP contribution in [0, 0.1) is 6.42 Å². The van der Waals surface area contributed by atoms with Crippen LogP contribution in [0.1, 0.15) is 44.9 Å². The number of rotatable bonds is 1. The highest BCUT2D eigenvalue weighted by Crippen LogP contribution is 2.24. The molecule has 0 aromatic heterocycles. The Labute approximate surface area is 76.1 Å². The van der Waals surface area contributed by atoms with Gasteiger partial charge in [0.25, 0.3) is 0 Å². The maximum Gasteiger partial charge on any atom is 0.0127 e.